The van der Waals surface area contributed by atoms with Crippen LogP contribution in [-0.2, 0) is 9.53 Å². The molecule has 0 radical (unpaired) electrons. The molecule has 0 amide bonds. The summed E-state index contributed by atoms with van der Waals surface area (Å²) in [4.78, 5) is 11.2. The minimum Gasteiger partial charge on any atom is -0.493 e. The lowest BCUT2D eigenvalue weighted by Crippen LogP contribution is -2.16. The van der Waals surface area contributed by atoms with Crippen LogP contribution < -0.4 is 9.47 Å². The number of carbonyl (C=O) groups is 1. The quantitative estimate of drug-likeness (QED) is 0.826. The van der Waals surface area contributed by atoms with Crippen LogP contribution in [0.1, 0.15) is 11.7 Å². The number of methoxy groups -OCH3 is 3. The Kier molecular flexibility index (Phi) is 4.43. The third-order valence-electron chi connectivity index (χ3n) is 2.28. The Balaban J connectivity index is 3.50. The maximum Gasteiger partial charge on any atom is 0.339 e. The molecule has 0 saturated heterocycles. The minimum atomic E-state index is -1.91. The molecule has 100 valence electrons. The molecule has 5 nitrogen and oxygen atoms in total. The molecule has 1 rings (SSSR count). The molecule has 1 unspecified atom stereocenters. The van der Waals surface area contributed by atoms with Crippen LogP contribution in [0.3, 0.4) is 0 Å². The van der Waals surface area contributed by atoms with Crippen LogP contribution >= 0.6 is 0 Å². The monoisotopic (exact) mass is 262 g/mol. The smallest absolute Gasteiger partial charge is 0.339 e. The molecule has 0 aromatic heterocycles. The lowest BCUT2D eigenvalue weighted by molar-refractivity contribution is -0.150. The van der Waals surface area contributed by atoms with Crippen molar-refractivity contribution < 1.29 is 32.9 Å². The first-order valence-corrected chi connectivity index (χ1v) is 4.83. The van der Waals surface area contributed by atoms with Gasteiger partial charge in [0, 0.05) is 6.07 Å². The Bertz CT molecular complexity index is 433. The standard InChI is InChI=1S/C11H12F2O5/c1-16-9-5(12)4-6(13)10(17-2)7(9)8(14)11(15)18-3/h4,8,14H,1-3H3. The van der Waals surface area contributed by atoms with Gasteiger partial charge in [-0.2, -0.15) is 0 Å². The molecule has 0 heterocycles. The third kappa shape index (κ3) is 2.35. The highest BCUT2D eigenvalue weighted by Gasteiger charge is 2.30. The Hall–Kier alpha value is -1.89. The van der Waals surface area contributed by atoms with Gasteiger partial charge in [-0.1, -0.05) is 0 Å². The number of ether oxygens (including phenoxy) is 3. The van der Waals surface area contributed by atoms with Crippen LogP contribution in [0.4, 0.5) is 8.78 Å². The van der Waals surface area contributed by atoms with E-state index in [-0.39, 0.29) is 0 Å². The predicted molar refractivity (Wildman–Crippen MR) is 56.4 cm³/mol. The second-order valence-electron chi connectivity index (χ2n) is 3.25. The molecule has 1 aromatic carbocycles. The lowest BCUT2D eigenvalue weighted by Gasteiger charge is -2.17. The van der Waals surface area contributed by atoms with Gasteiger partial charge in [0.2, 0.25) is 0 Å². The molecule has 1 atom stereocenters. The van der Waals surface area contributed by atoms with Gasteiger partial charge in [0.05, 0.1) is 26.9 Å². The van der Waals surface area contributed by atoms with Crippen molar-refractivity contribution >= 4 is 5.97 Å². The maximum absolute atomic E-state index is 13.5. The summed E-state index contributed by atoms with van der Waals surface area (Å²) in [6.45, 7) is 0. The van der Waals surface area contributed by atoms with E-state index in [1.165, 1.54) is 0 Å². The fraction of sp³-hybridized carbons (Fsp3) is 0.364. The first-order valence-electron chi connectivity index (χ1n) is 4.83. The predicted octanol–water partition coefficient (Wildman–Crippen LogP) is 1.19. The summed E-state index contributed by atoms with van der Waals surface area (Å²) in [5.74, 6) is -4.17. The zero-order chi connectivity index (χ0) is 13.9. The van der Waals surface area contributed by atoms with Gasteiger partial charge in [0.1, 0.15) is 0 Å². The summed E-state index contributed by atoms with van der Waals surface area (Å²) >= 11 is 0. The van der Waals surface area contributed by atoms with Crippen molar-refractivity contribution in [3.05, 3.63) is 23.3 Å². The summed E-state index contributed by atoms with van der Waals surface area (Å²) < 4.78 is 40.6. The molecular weight excluding hydrogens is 250 g/mol. The SMILES string of the molecule is COC(=O)C(O)c1c(OC)c(F)cc(F)c1OC. The van der Waals surface area contributed by atoms with E-state index in [1.54, 1.807) is 0 Å². The van der Waals surface area contributed by atoms with Gasteiger partial charge in [0.15, 0.2) is 29.2 Å². The number of aliphatic hydroxyl groups is 1. The van der Waals surface area contributed by atoms with Gasteiger partial charge in [-0.3, -0.25) is 0 Å². The molecule has 0 aliphatic heterocycles. The molecule has 7 heteroatoms. The summed E-state index contributed by atoms with van der Waals surface area (Å²) in [5.41, 5.74) is -0.454. The second kappa shape index (κ2) is 5.63. The van der Waals surface area contributed by atoms with E-state index in [1.807, 2.05) is 0 Å². The van der Waals surface area contributed by atoms with Gasteiger partial charge in [-0.25, -0.2) is 13.6 Å². The first-order chi connectivity index (χ1) is 8.47. The van der Waals surface area contributed by atoms with Gasteiger partial charge >= 0.3 is 5.97 Å². The van der Waals surface area contributed by atoms with Crippen LogP contribution in [0.2, 0.25) is 0 Å². The average Bonchev–Trinajstić information content (AvgIpc) is 2.36. The summed E-state index contributed by atoms with van der Waals surface area (Å²) in [7, 11) is 3.26. The summed E-state index contributed by atoms with van der Waals surface area (Å²) in [5, 5.41) is 9.69. The Morgan fingerprint density at radius 3 is 1.94 bits per heavy atom. The molecular formula is C11H12F2O5. The minimum absolute atomic E-state index is 0.454. The van der Waals surface area contributed by atoms with E-state index in [0.29, 0.717) is 6.07 Å². The number of hydrogen-bond acceptors (Lipinski definition) is 5. The molecule has 0 aliphatic carbocycles. The number of aliphatic hydroxyl groups excluding tert-OH is 1. The van der Waals surface area contributed by atoms with Crippen LogP contribution in [-0.4, -0.2) is 32.4 Å². The molecule has 0 fully saturated rings. The van der Waals surface area contributed by atoms with Gasteiger partial charge < -0.3 is 19.3 Å². The van der Waals surface area contributed by atoms with E-state index in [9.17, 15) is 18.7 Å². The highest BCUT2D eigenvalue weighted by molar-refractivity contribution is 5.78. The fourth-order valence-corrected chi connectivity index (χ4v) is 1.50. The van der Waals surface area contributed by atoms with Gasteiger partial charge in [-0.05, 0) is 0 Å². The normalized spacial score (nSPS) is 11.9. The number of benzene rings is 1. The molecule has 0 bridgehead atoms. The maximum atomic E-state index is 13.5. The molecule has 1 N–H and O–H groups in total. The first kappa shape index (κ1) is 14.2. The van der Waals surface area contributed by atoms with Crippen LogP contribution in [0.5, 0.6) is 11.5 Å². The zero-order valence-electron chi connectivity index (χ0n) is 9.99. The number of halogens is 2. The van der Waals surface area contributed by atoms with Crippen molar-refractivity contribution in [1.82, 2.24) is 0 Å². The molecule has 0 saturated carbocycles. The van der Waals surface area contributed by atoms with Crippen LogP contribution in [0.15, 0.2) is 6.07 Å². The Labute approximate surface area is 102 Å². The van der Waals surface area contributed by atoms with Crippen molar-refractivity contribution in [2.24, 2.45) is 0 Å². The third-order valence-corrected chi connectivity index (χ3v) is 2.28. The van der Waals surface area contributed by atoms with E-state index < -0.39 is 40.8 Å². The number of carbonyl (C=O) groups excluding carboxylic acids is 1. The summed E-state index contributed by atoms with van der Waals surface area (Å²) in [6.07, 6.45) is -1.91. The molecule has 18 heavy (non-hydrogen) atoms. The van der Waals surface area contributed by atoms with Crippen LogP contribution in [0.25, 0.3) is 0 Å². The van der Waals surface area contributed by atoms with E-state index in [4.69, 9.17) is 9.47 Å². The Morgan fingerprint density at radius 1 is 1.17 bits per heavy atom. The van der Waals surface area contributed by atoms with Crippen molar-refractivity contribution in [3.63, 3.8) is 0 Å². The highest BCUT2D eigenvalue weighted by Crippen LogP contribution is 2.38. The number of hydrogen-bond donors (Lipinski definition) is 1. The van der Waals surface area contributed by atoms with E-state index in [0.717, 1.165) is 21.3 Å². The van der Waals surface area contributed by atoms with Gasteiger partial charge in [0.25, 0.3) is 0 Å². The Morgan fingerprint density at radius 2 is 1.61 bits per heavy atom. The topological polar surface area (TPSA) is 65.0 Å². The summed E-state index contributed by atoms with van der Waals surface area (Å²) in [6, 6.07) is 0.533. The molecule has 0 aliphatic rings. The second-order valence-corrected chi connectivity index (χ2v) is 3.25. The van der Waals surface area contributed by atoms with Crippen molar-refractivity contribution in [2.75, 3.05) is 21.3 Å². The highest BCUT2D eigenvalue weighted by atomic mass is 19.1. The number of esters is 1. The largest absolute Gasteiger partial charge is 0.493 e. The van der Waals surface area contributed by atoms with Crippen LogP contribution in [0, 0.1) is 11.6 Å². The average molecular weight is 262 g/mol. The van der Waals surface area contributed by atoms with Crippen molar-refractivity contribution in [3.8, 4) is 11.5 Å². The zero-order valence-corrected chi connectivity index (χ0v) is 9.99. The van der Waals surface area contributed by atoms with Crippen molar-refractivity contribution in [2.45, 2.75) is 6.10 Å². The van der Waals surface area contributed by atoms with Gasteiger partial charge in [-0.15, -0.1) is 0 Å². The van der Waals surface area contributed by atoms with E-state index >= 15 is 0 Å². The van der Waals surface area contributed by atoms with Crippen molar-refractivity contribution in [1.29, 1.82) is 0 Å². The molecule has 0 spiro atoms. The number of rotatable bonds is 4. The molecule has 1 aromatic rings. The fourth-order valence-electron chi connectivity index (χ4n) is 1.50. The van der Waals surface area contributed by atoms with E-state index in [2.05, 4.69) is 4.74 Å². The lowest BCUT2D eigenvalue weighted by atomic mass is 10.1.